The van der Waals surface area contributed by atoms with Gasteiger partial charge in [-0.15, -0.1) is 11.3 Å². The molecule has 1 heterocycles. The van der Waals surface area contributed by atoms with Gasteiger partial charge in [0.15, 0.2) is 0 Å². The molecule has 1 aromatic carbocycles. The van der Waals surface area contributed by atoms with E-state index in [9.17, 15) is 12.8 Å². The first-order valence-corrected chi connectivity index (χ1v) is 8.30. The Hall–Kier alpha value is -1.28. The number of sulfonamides is 1. The van der Waals surface area contributed by atoms with Gasteiger partial charge >= 0.3 is 0 Å². The zero-order valence-corrected chi connectivity index (χ0v) is 12.5. The average Bonchev–Trinajstić information content (AvgIpc) is 2.82. The lowest BCUT2D eigenvalue weighted by Gasteiger charge is -2.05. The predicted molar refractivity (Wildman–Crippen MR) is 77.4 cm³/mol. The Morgan fingerprint density at radius 3 is 2.60 bits per heavy atom. The lowest BCUT2D eigenvalue weighted by atomic mass is 10.1. The lowest BCUT2D eigenvalue weighted by Crippen LogP contribution is -2.12. The number of nitrogens with one attached hydrogen (secondary N) is 1. The second-order valence-electron chi connectivity index (χ2n) is 4.45. The molecule has 3 N–H and O–H groups in total. The van der Waals surface area contributed by atoms with E-state index in [1.165, 1.54) is 12.1 Å². The van der Waals surface area contributed by atoms with Crippen molar-refractivity contribution in [1.29, 1.82) is 0 Å². The van der Waals surface area contributed by atoms with Crippen molar-refractivity contribution in [2.45, 2.75) is 24.2 Å². The number of benzene rings is 1. The normalized spacial score (nSPS) is 11.8. The number of hydrogen-bond acceptors (Lipinski definition) is 4. The summed E-state index contributed by atoms with van der Waals surface area (Å²) in [5.74, 6) is -0.218. The molecule has 0 aliphatic rings. The van der Waals surface area contributed by atoms with E-state index in [4.69, 9.17) is 5.14 Å². The quantitative estimate of drug-likeness (QED) is 0.888. The molecule has 108 valence electrons. The molecule has 0 saturated carbocycles. The third-order valence-corrected chi connectivity index (χ3v) is 5.29. The Kier molecular flexibility index (Phi) is 4.54. The highest BCUT2D eigenvalue weighted by atomic mass is 32.2. The van der Waals surface area contributed by atoms with E-state index in [2.05, 4.69) is 5.32 Å². The molecule has 4 nitrogen and oxygen atoms in total. The Labute approximate surface area is 121 Å². The van der Waals surface area contributed by atoms with Crippen LogP contribution in [0.1, 0.15) is 16.0 Å². The molecule has 0 spiro atoms. The van der Waals surface area contributed by atoms with Crippen LogP contribution in [-0.2, 0) is 23.1 Å². The van der Waals surface area contributed by atoms with Crippen LogP contribution in [0.3, 0.4) is 0 Å². The van der Waals surface area contributed by atoms with Crippen molar-refractivity contribution < 1.29 is 12.8 Å². The van der Waals surface area contributed by atoms with Crippen LogP contribution in [0.2, 0.25) is 0 Å². The Bertz CT molecular complexity index is 711. The summed E-state index contributed by atoms with van der Waals surface area (Å²) in [7, 11) is -3.62. The standard InChI is InChI=1S/C13H15FN2O2S2/c1-9-6-10(2-4-12(9)14)7-16-8-11-3-5-13(19-11)20(15,17)18/h2-6,16H,7-8H2,1H3,(H2,15,17,18). The van der Waals surface area contributed by atoms with Gasteiger partial charge in [0.2, 0.25) is 10.0 Å². The van der Waals surface area contributed by atoms with E-state index >= 15 is 0 Å². The summed E-state index contributed by atoms with van der Waals surface area (Å²) in [6, 6.07) is 8.18. The first kappa shape index (κ1) is 15.1. The minimum atomic E-state index is -3.62. The molecule has 7 heteroatoms. The summed E-state index contributed by atoms with van der Waals surface area (Å²) in [6.45, 7) is 2.84. The summed E-state index contributed by atoms with van der Waals surface area (Å²) in [5.41, 5.74) is 1.59. The smallest absolute Gasteiger partial charge is 0.247 e. The van der Waals surface area contributed by atoms with Gasteiger partial charge in [0, 0.05) is 18.0 Å². The largest absolute Gasteiger partial charge is 0.308 e. The molecule has 0 aliphatic carbocycles. The minimum absolute atomic E-state index is 0.159. The highest BCUT2D eigenvalue weighted by Crippen LogP contribution is 2.20. The maximum Gasteiger partial charge on any atom is 0.247 e. The van der Waals surface area contributed by atoms with Gasteiger partial charge in [-0.05, 0) is 36.2 Å². The third-order valence-electron chi connectivity index (χ3n) is 2.77. The number of hydrogen-bond donors (Lipinski definition) is 2. The summed E-state index contributed by atoms with van der Waals surface area (Å²) in [4.78, 5) is 0.882. The number of rotatable bonds is 5. The molecular formula is C13H15FN2O2S2. The molecule has 0 fully saturated rings. The Morgan fingerprint density at radius 2 is 2.00 bits per heavy atom. The maximum absolute atomic E-state index is 13.1. The molecule has 0 unspecified atom stereocenters. The molecule has 0 atom stereocenters. The number of primary sulfonamides is 1. The van der Waals surface area contributed by atoms with Gasteiger partial charge in [-0.1, -0.05) is 12.1 Å². The van der Waals surface area contributed by atoms with Gasteiger partial charge in [0.05, 0.1) is 0 Å². The molecule has 20 heavy (non-hydrogen) atoms. The average molecular weight is 314 g/mol. The van der Waals surface area contributed by atoms with Gasteiger partial charge < -0.3 is 5.32 Å². The van der Waals surface area contributed by atoms with Gasteiger partial charge in [0.25, 0.3) is 0 Å². The highest BCUT2D eigenvalue weighted by molar-refractivity contribution is 7.91. The molecule has 0 saturated heterocycles. The number of thiophene rings is 1. The van der Waals surface area contributed by atoms with Crippen molar-refractivity contribution in [3.63, 3.8) is 0 Å². The van der Waals surface area contributed by atoms with E-state index < -0.39 is 10.0 Å². The van der Waals surface area contributed by atoms with E-state index in [-0.39, 0.29) is 10.0 Å². The van der Waals surface area contributed by atoms with Crippen molar-refractivity contribution in [1.82, 2.24) is 5.32 Å². The lowest BCUT2D eigenvalue weighted by molar-refractivity contribution is 0.600. The van der Waals surface area contributed by atoms with Crippen LogP contribution in [0.5, 0.6) is 0 Å². The summed E-state index contributed by atoms with van der Waals surface area (Å²) < 4.78 is 35.6. The van der Waals surface area contributed by atoms with Crippen molar-refractivity contribution in [2.75, 3.05) is 0 Å². The fourth-order valence-electron chi connectivity index (χ4n) is 1.75. The van der Waals surface area contributed by atoms with Crippen LogP contribution >= 0.6 is 11.3 Å². The molecule has 0 radical (unpaired) electrons. The van der Waals surface area contributed by atoms with Gasteiger partial charge in [-0.2, -0.15) is 0 Å². The molecule has 0 aliphatic heterocycles. The first-order valence-electron chi connectivity index (χ1n) is 5.93. The van der Waals surface area contributed by atoms with Crippen LogP contribution in [0.4, 0.5) is 4.39 Å². The van der Waals surface area contributed by atoms with Crippen LogP contribution in [0, 0.1) is 12.7 Å². The van der Waals surface area contributed by atoms with E-state index in [1.807, 2.05) is 0 Å². The second-order valence-corrected chi connectivity index (χ2v) is 7.41. The van der Waals surface area contributed by atoms with Gasteiger partial charge in [0.1, 0.15) is 10.0 Å². The van der Waals surface area contributed by atoms with E-state index in [1.54, 1.807) is 25.1 Å². The molecule has 2 aromatic rings. The molecule has 0 amide bonds. The van der Waals surface area contributed by atoms with Crippen molar-refractivity contribution in [3.05, 3.63) is 52.2 Å². The minimum Gasteiger partial charge on any atom is -0.308 e. The summed E-state index contributed by atoms with van der Waals surface area (Å²) in [5, 5.41) is 8.23. The second kappa shape index (κ2) is 6.01. The monoisotopic (exact) mass is 314 g/mol. The van der Waals surface area contributed by atoms with Crippen LogP contribution in [0.25, 0.3) is 0 Å². The fraction of sp³-hybridized carbons (Fsp3) is 0.231. The van der Waals surface area contributed by atoms with E-state index in [0.717, 1.165) is 21.8 Å². The number of halogens is 1. The predicted octanol–water partition coefficient (Wildman–Crippen LogP) is 2.13. The van der Waals surface area contributed by atoms with Gasteiger partial charge in [-0.3, -0.25) is 0 Å². The number of aryl methyl sites for hydroxylation is 1. The Balaban J connectivity index is 1.93. The first-order chi connectivity index (χ1) is 9.36. The molecule has 2 rings (SSSR count). The maximum atomic E-state index is 13.1. The Morgan fingerprint density at radius 1 is 1.25 bits per heavy atom. The van der Waals surface area contributed by atoms with Crippen LogP contribution in [-0.4, -0.2) is 8.42 Å². The van der Waals surface area contributed by atoms with Crippen molar-refractivity contribution in [2.24, 2.45) is 5.14 Å². The fourth-order valence-corrected chi connectivity index (χ4v) is 3.50. The van der Waals surface area contributed by atoms with Crippen molar-refractivity contribution >= 4 is 21.4 Å². The molecule has 0 bridgehead atoms. The zero-order valence-electron chi connectivity index (χ0n) is 10.9. The van der Waals surface area contributed by atoms with E-state index in [0.29, 0.717) is 18.7 Å². The topological polar surface area (TPSA) is 72.2 Å². The zero-order chi connectivity index (χ0) is 14.8. The van der Waals surface area contributed by atoms with Gasteiger partial charge in [-0.25, -0.2) is 17.9 Å². The van der Waals surface area contributed by atoms with Crippen LogP contribution < -0.4 is 10.5 Å². The number of nitrogens with two attached hydrogens (primary N) is 1. The van der Waals surface area contributed by atoms with Crippen molar-refractivity contribution in [3.8, 4) is 0 Å². The highest BCUT2D eigenvalue weighted by Gasteiger charge is 2.10. The summed E-state index contributed by atoms with van der Waals surface area (Å²) >= 11 is 1.15. The summed E-state index contributed by atoms with van der Waals surface area (Å²) in [6.07, 6.45) is 0. The SMILES string of the molecule is Cc1cc(CNCc2ccc(S(N)(=O)=O)s2)ccc1F. The molecular weight excluding hydrogens is 299 g/mol. The van der Waals surface area contributed by atoms with Crippen LogP contribution in [0.15, 0.2) is 34.5 Å². The molecule has 1 aromatic heterocycles. The third kappa shape index (κ3) is 3.86.